The number of rotatable bonds is 2. The monoisotopic (exact) mass is 214 g/mol. The summed E-state index contributed by atoms with van der Waals surface area (Å²) in [5.74, 6) is 2.18. The summed E-state index contributed by atoms with van der Waals surface area (Å²) in [4.78, 5) is 4.21. The van der Waals surface area contributed by atoms with E-state index in [2.05, 4.69) is 17.1 Å². The Morgan fingerprint density at radius 1 is 1.64 bits per heavy atom. The molecule has 1 saturated heterocycles. The highest BCUT2D eigenvalue weighted by molar-refractivity contribution is 8.00. The minimum Gasteiger partial charge on any atom is -0.384 e. The van der Waals surface area contributed by atoms with Crippen molar-refractivity contribution in [1.82, 2.24) is 10.1 Å². The molecule has 1 aliphatic heterocycles. The minimum absolute atomic E-state index is 0.0172. The maximum atomic E-state index is 9.26. The van der Waals surface area contributed by atoms with Gasteiger partial charge in [0, 0.05) is 0 Å². The van der Waals surface area contributed by atoms with Gasteiger partial charge in [0.1, 0.15) is 6.10 Å². The molecular weight excluding hydrogens is 200 g/mol. The number of hydrogen-bond donors (Lipinski definition) is 1. The van der Waals surface area contributed by atoms with E-state index in [0.717, 1.165) is 18.0 Å². The van der Waals surface area contributed by atoms with Gasteiger partial charge in [0.05, 0.1) is 4.75 Å². The van der Waals surface area contributed by atoms with Crippen molar-refractivity contribution in [1.29, 1.82) is 0 Å². The fourth-order valence-electron chi connectivity index (χ4n) is 1.58. The van der Waals surface area contributed by atoms with Crippen molar-refractivity contribution in [3.8, 4) is 0 Å². The topological polar surface area (TPSA) is 59.2 Å². The SMILES string of the molecule is CC(O)c1nc(C2(C)CCCS2)no1. The molecule has 14 heavy (non-hydrogen) atoms. The van der Waals surface area contributed by atoms with Gasteiger partial charge in [-0.25, -0.2) is 0 Å². The molecule has 2 atom stereocenters. The van der Waals surface area contributed by atoms with Gasteiger partial charge in [-0.2, -0.15) is 4.98 Å². The first-order chi connectivity index (χ1) is 6.62. The van der Waals surface area contributed by atoms with Crippen molar-refractivity contribution < 1.29 is 9.63 Å². The molecule has 1 N–H and O–H groups in total. The maximum Gasteiger partial charge on any atom is 0.255 e. The van der Waals surface area contributed by atoms with Gasteiger partial charge in [-0.3, -0.25) is 0 Å². The number of aliphatic hydroxyl groups excluding tert-OH is 1. The molecule has 5 heteroatoms. The number of aromatic nitrogens is 2. The van der Waals surface area contributed by atoms with Gasteiger partial charge in [0.15, 0.2) is 5.82 Å². The molecular formula is C9H14N2O2S. The molecule has 0 spiro atoms. The highest BCUT2D eigenvalue weighted by Crippen LogP contribution is 2.44. The minimum atomic E-state index is -0.675. The molecule has 2 heterocycles. The summed E-state index contributed by atoms with van der Waals surface area (Å²) < 4.78 is 4.96. The lowest BCUT2D eigenvalue weighted by molar-refractivity contribution is 0.151. The van der Waals surface area contributed by atoms with Crippen LogP contribution < -0.4 is 0 Å². The van der Waals surface area contributed by atoms with Crippen LogP contribution in [0.2, 0.25) is 0 Å². The van der Waals surface area contributed by atoms with Gasteiger partial charge < -0.3 is 9.63 Å². The molecule has 0 saturated carbocycles. The van der Waals surface area contributed by atoms with Crippen LogP contribution in [0.5, 0.6) is 0 Å². The number of hydrogen-bond acceptors (Lipinski definition) is 5. The molecule has 1 aromatic rings. The van der Waals surface area contributed by atoms with Crippen LogP contribution in [-0.4, -0.2) is 21.0 Å². The Bertz CT molecular complexity index is 318. The molecule has 1 aliphatic rings. The summed E-state index contributed by atoms with van der Waals surface area (Å²) >= 11 is 1.86. The second-order valence-corrected chi connectivity index (χ2v) is 5.41. The van der Waals surface area contributed by atoms with Crippen LogP contribution in [0.1, 0.15) is 44.5 Å². The summed E-state index contributed by atoms with van der Waals surface area (Å²) in [5, 5.41) is 13.2. The number of nitrogens with zero attached hydrogens (tertiary/aromatic N) is 2. The Kier molecular flexibility index (Phi) is 2.53. The first-order valence-corrected chi connectivity index (χ1v) is 5.76. The first kappa shape index (κ1) is 9.98. The highest BCUT2D eigenvalue weighted by atomic mass is 32.2. The Labute approximate surface area is 87.1 Å². The van der Waals surface area contributed by atoms with Crippen LogP contribution in [0.4, 0.5) is 0 Å². The molecule has 0 amide bonds. The number of thioether (sulfide) groups is 1. The zero-order chi connectivity index (χ0) is 10.2. The predicted molar refractivity (Wildman–Crippen MR) is 54.0 cm³/mol. The summed E-state index contributed by atoms with van der Waals surface area (Å²) in [6, 6.07) is 0. The molecule has 1 aromatic heterocycles. The van der Waals surface area contributed by atoms with Crippen LogP contribution in [0.25, 0.3) is 0 Å². The second kappa shape index (κ2) is 3.55. The van der Waals surface area contributed by atoms with Gasteiger partial charge >= 0.3 is 0 Å². The third-order valence-corrected chi connectivity index (χ3v) is 4.01. The van der Waals surface area contributed by atoms with Crippen molar-refractivity contribution in [3.63, 3.8) is 0 Å². The largest absolute Gasteiger partial charge is 0.384 e. The Balaban J connectivity index is 2.23. The predicted octanol–water partition coefficient (Wildman–Crippen LogP) is 1.87. The van der Waals surface area contributed by atoms with Gasteiger partial charge in [0.25, 0.3) is 5.89 Å². The lowest BCUT2D eigenvalue weighted by Crippen LogP contribution is -2.15. The van der Waals surface area contributed by atoms with Gasteiger partial charge in [-0.15, -0.1) is 11.8 Å². The van der Waals surface area contributed by atoms with Crippen LogP contribution in [0.3, 0.4) is 0 Å². The summed E-state index contributed by atoms with van der Waals surface area (Å²) in [5.41, 5.74) is 0. The van der Waals surface area contributed by atoms with E-state index in [4.69, 9.17) is 4.52 Å². The Morgan fingerprint density at radius 2 is 2.43 bits per heavy atom. The molecule has 0 aromatic carbocycles. The van der Waals surface area contributed by atoms with E-state index in [9.17, 15) is 5.11 Å². The van der Waals surface area contributed by atoms with Crippen molar-refractivity contribution in [2.24, 2.45) is 0 Å². The normalized spacial score (nSPS) is 29.4. The van der Waals surface area contributed by atoms with Crippen molar-refractivity contribution >= 4 is 11.8 Å². The van der Waals surface area contributed by atoms with Crippen LogP contribution in [0.15, 0.2) is 4.52 Å². The molecule has 2 unspecified atom stereocenters. The molecule has 1 fully saturated rings. The summed E-state index contributed by atoms with van der Waals surface area (Å²) in [6.45, 7) is 3.75. The molecule has 4 nitrogen and oxygen atoms in total. The van der Waals surface area contributed by atoms with Crippen molar-refractivity contribution in [2.75, 3.05) is 5.75 Å². The summed E-state index contributed by atoms with van der Waals surface area (Å²) in [6.07, 6.45) is 1.60. The van der Waals surface area contributed by atoms with Crippen molar-refractivity contribution in [2.45, 2.75) is 37.5 Å². The van der Waals surface area contributed by atoms with E-state index in [-0.39, 0.29) is 4.75 Å². The van der Waals surface area contributed by atoms with E-state index >= 15 is 0 Å². The van der Waals surface area contributed by atoms with Gasteiger partial charge in [0.2, 0.25) is 0 Å². The summed E-state index contributed by atoms with van der Waals surface area (Å²) in [7, 11) is 0. The van der Waals surface area contributed by atoms with E-state index in [1.807, 2.05) is 11.8 Å². The average Bonchev–Trinajstić information content (AvgIpc) is 2.71. The smallest absolute Gasteiger partial charge is 0.255 e. The average molecular weight is 214 g/mol. The molecule has 2 rings (SSSR count). The van der Waals surface area contributed by atoms with Gasteiger partial charge in [-0.1, -0.05) is 5.16 Å². The maximum absolute atomic E-state index is 9.26. The van der Waals surface area contributed by atoms with Crippen LogP contribution >= 0.6 is 11.8 Å². The van der Waals surface area contributed by atoms with E-state index < -0.39 is 6.10 Å². The fraction of sp³-hybridized carbons (Fsp3) is 0.778. The first-order valence-electron chi connectivity index (χ1n) is 4.78. The zero-order valence-electron chi connectivity index (χ0n) is 8.36. The molecule has 78 valence electrons. The van der Waals surface area contributed by atoms with E-state index in [1.165, 1.54) is 6.42 Å². The second-order valence-electron chi connectivity index (χ2n) is 3.82. The lowest BCUT2D eigenvalue weighted by atomic mass is 10.1. The lowest BCUT2D eigenvalue weighted by Gasteiger charge is -2.16. The van der Waals surface area contributed by atoms with E-state index in [0.29, 0.717) is 5.89 Å². The van der Waals surface area contributed by atoms with Gasteiger partial charge in [-0.05, 0) is 32.4 Å². The highest BCUT2D eigenvalue weighted by Gasteiger charge is 2.36. The zero-order valence-corrected chi connectivity index (χ0v) is 9.17. The standard InChI is InChI=1S/C9H14N2O2S/c1-6(12)7-10-8(11-13-7)9(2)4-3-5-14-9/h6,12H,3-5H2,1-2H3. The molecule has 0 bridgehead atoms. The molecule has 0 radical (unpaired) electrons. The van der Waals surface area contributed by atoms with Crippen molar-refractivity contribution in [3.05, 3.63) is 11.7 Å². The Hall–Kier alpha value is -0.550. The quantitative estimate of drug-likeness (QED) is 0.814. The third kappa shape index (κ3) is 1.66. The van der Waals surface area contributed by atoms with Crippen LogP contribution in [-0.2, 0) is 4.75 Å². The Morgan fingerprint density at radius 3 is 2.93 bits per heavy atom. The van der Waals surface area contributed by atoms with E-state index in [1.54, 1.807) is 6.92 Å². The fourth-order valence-corrected chi connectivity index (χ4v) is 2.82. The third-order valence-electron chi connectivity index (χ3n) is 2.49. The van der Waals surface area contributed by atoms with Crippen LogP contribution in [0, 0.1) is 0 Å². The number of aliphatic hydroxyl groups is 1. The molecule has 0 aliphatic carbocycles.